The quantitative estimate of drug-likeness (QED) is 0.831. The first kappa shape index (κ1) is 16.7. The van der Waals surface area contributed by atoms with Crippen LogP contribution in [0, 0.1) is 0 Å². The summed E-state index contributed by atoms with van der Waals surface area (Å²) >= 11 is 0. The molecule has 0 fully saturated rings. The molecular formula is C18H19FN2O2. The summed E-state index contributed by atoms with van der Waals surface area (Å²) in [6.07, 6.45) is 5.85. The van der Waals surface area contributed by atoms with Crippen molar-refractivity contribution in [1.29, 1.82) is 0 Å². The van der Waals surface area contributed by atoms with E-state index in [1.165, 1.54) is 0 Å². The van der Waals surface area contributed by atoms with Crippen LogP contribution in [0.4, 0.5) is 4.39 Å². The zero-order valence-electron chi connectivity index (χ0n) is 13.0. The predicted octanol–water partition coefficient (Wildman–Crippen LogP) is 4.21. The molecule has 23 heavy (non-hydrogen) atoms. The van der Waals surface area contributed by atoms with Crippen molar-refractivity contribution in [3.8, 4) is 17.2 Å². The fraction of sp³-hybridized carbons (Fsp3) is 0.167. The molecular weight excluding hydrogens is 295 g/mol. The second kappa shape index (κ2) is 8.10. The van der Waals surface area contributed by atoms with Gasteiger partial charge in [0, 0.05) is 17.7 Å². The Morgan fingerprint density at radius 3 is 2.70 bits per heavy atom. The Hall–Kier alpha value is -2.66. The van der Waals surface area contributed by atoms with Gasteiger partial charge in [0.15, 0.2) is 5.76 Å². The number of aromatic nitrogens is 1. The maximum atomic E-state index is 12.4. The van der Waals surface area contributed by atoms with E-state index in [-0.39, 0.29) is 13.2 Å². The topological polar surface area (TPSA) is 61.3 Å². The average Bonchev–Trinajstić information content (AvgIpc) is 3.00. The van der Waals surface area contributed by atoms with Gasteiger partial charge in [-0.15, -0.1) is 0 Å². The number of oxazole rings is 1. The standard InChI is InChI=1S/C18H19FN2O2/c1-3-5-16-17(4-2)23-18(21-16)14-6-8-15(9-7-14)22-12-13(10-19)11-20/h3-10H,2,11-12,20H2,1H3/b5-3-,13-10+. The van der Waals surface area contributed by atoms with Gasteiger partial charge in [-0.2, -0.15) is 0 Å². The molecule has 0 bridgehead atoms. The van der Waals surface area contributed by atoms with Gasteiger partial charge in [0.1, 0.15) is 18.1 Å². The Labute approximate surface area is 134 Å². The van der Waals surface area contributed by atoms with E-state index in [9.17, 15) is 4.39 Å². The second-order valence-electron chi connectivity index (χ2n) is 4.76. The van der Waals surface area contributed by atoms with Crippen molar-refractivity contribution >= 4 is 12.2 Å². The molecule has 0 aliphatic rings. The number of allylic oxidation sites excluding steroid dienone is 1. The van der Waals surface area contributed by atoms with Crippen LogP contribution < -0.4 is 10.5 Å². The largest absolute Gasteiger partial charge is 0.489 e. The molecule has 2 aromatic rings. The predicted molar refractivity (Wildman–Crippen MR) is 90.5 cm³/mol. The van der Waals surface area contributed by atoms with Crippen molar-refractivity contribution in [3.05, 3.63) is 60.3 Å². The molecule has 4 nitrogen and oxygen atoms in total. The van der Waals surface area contributed by atoms with E-state index in [4.69, 9.17) is 14.9 Å². The summed E-state index contributed by atoms with van der Waals surface area (Å²) in [5.41, 5.74) is 7.33. The van der Waals surface area contributed by atoms with E-state index < -0.39 is 0 Å². The van der Waals surface area contributed by atoms with Crippen molar-refractivity contribution < 1.29 is 13.5 Å². The Morgan fingerprint density at radius 1 is 1.39 bits per heavy atom. The van der Waals surface area contributed by atoms with Crippen molar-refractivity contribution in [1.82, 2.24) is 4.98 Å². The lowest BCUT2D eigenvalue weighted by molar-refractivity contribution is 0.347. The van der Waals surface area contributed by atoms with Gasteiger partial charge in [-0.05, 0) is 43.3 Å². The summed E-state index contributed by atoms with van der Waals surface area (Å²) in [6.45, 7) is 5.88. The van der Waals surface area contributed by atoms with Crippen LogP contribution >= 0.6 is 0 Å². The van der Waals surface area contributed by atoms with Crippen LogP contribution in [0.2, 0.25) is 0 Å². The molecule has 1 heterocycles. The van der Waals surface area contributed by atoms with Gasteiger partial charge in [-0.25, -0.2) is 9.37 Å². The zero-order chi connectivity index (χ0) is 16.7. The summed E-state index contributed by atoms with van der Waals surface area (Å²) in [5.74, 6) is 1.75. The maximum Gasteiger partial charge on any atom is 0.227 e. The first-order valence-electron chi connectivity index (χ1n) is 7.19. The molecule has 0 amide bonds. The molecule has 5 heteroatoms. The Balaban J connectivity index is 2.15. The van der Waals surface area contributed by atoms with Gasteiger partial charge >= 0.3 is 0 Å². The van der Waals surface area contributed by atoms with Crippen LogP contribution in [0.1, 0.15) is 18.4 Å². The van der Waals surface area contributed by atoms with Crippen LogP contribution in [0.3, 0.4) is 0 Å². The number of ether oxygens (including phenoxy) is 1. The second-order valence-corrected chi connectivity index (χ2v) is 4.76. The number of halogens is 1. The summed E-state index contributed by atoms with van der Waals surface area (Å²) < 4.78 is 23.6. The summed E-state index contributed by atoms with van der Waals surface area (Å²) in [6, 6.07) is 7.20. The third-order valence-electron chi connectivity index (χ3n) is 3.13. The fourth-order valence-electron chi connectivity index (χ4n) is 1.90. The van der Waals surface area contributed by atoms with Gasteiger partial charge in [-0.3, -0.25) is 0 Å². The van der Waals surface area contributed by atoms with Crippen molar-refractivity contribution in [2.45, 2.75) is 6.92 Å². The molecule has 1 aromatic carbocycles. The van der Waals surface area contributed by atoms with E-state index in [0.29, 0.717) is 29.3 Å². The van der Waals surface area contributed by atoms with Gasteiger partial charge in [-0.1, -0.05) is 12.7 Å². The van der Waals surface area contributed by atoms with Crippen molar-refractivity contribution in [3.63, 3.8) is 0 Å². The van der Waals surface area contributed by atoms with Crippen LogP contribution in [-0.2, 0) is 0 Å². The maximum absolute atomic E-state index is 12.4. The Morgan fingerprint density at radius 2 is 2.13 bits per heavy atom. The van der Waals surface area contributed by atoms with E-state index in [2.05, 4.69) is 11.6 Å². The van der Waals surface area contributed by atoms with Crippen molar-refractivity contribution in [2.24, 2.45) is 5.73 Å². The minimum Gasteiger partial charge on any atom is -0.489 e. The molecule has 0 spiro atoms. The van der Waals surface area contributed by atoms with Gasteiger partial charge < -0.3 is 14.9 Å². The lowest BCUT2D eigenvalue weighted by Crippen LogP contribution is -2.10. The number of hydrogen-bond acceptors (Lipinski definition) is 4. The smallest absolute Gasteiger partial charge is 0.227 e. The summed E-state index contributed by atoms with van der Waals surface area (Å²) in [5, 5.41) is 0. The van der Waals surface area contributed by atoms with Crippen LogP contribution in [0.25, 0.3) is 23.6 Å². The fourth-order valence-corrected chi connectivity index (χ4v) is 1.90. The van der Waals surface area contributed by atoms with Gasteiger partial charge in [0.25, 0.3) is 0 Å². The zero-order valence-corrected chi connectivity index (χ0v) is 13.0. The molecule has 0 aliphatic carbocycles. The molecule has 2 N–H and O–H groups in total. The van der Waals surface area contributed by atoms with Crippen molar-refractivity contribution in [2.75, 3.05) is 13.2 Å². The number of nitrogens with zero attached hydrogens (tertiary/aromatic N) is 1. The lowest BCUT2D eigenvalue weighted by Gasteiger charge is -2.07. The molecule has 1 aromatic heterocycles. The molecule has 0 unspecified atom stereocenters. The third-order valence-corrected chi connectivity index (χ3v) is 3.13. The molecule has 2 rings (SSSR count). The number of rotatable bonds is 7. The Kier molecular flexibility index (Phi) is 5.88. The molecule has 0 aliphatic heterocycles. The Bertz CT molecular complexity index is 715. The minimum atomic E-state index is 0.122. The molecule has 0 saturated carbocycles. The third kappa shape index (κ3) is 4.17. The van der Waals surface area contributed by atoms with Gasteiger partial charge in [0.2, 0.25) is 5.89 Å². The first-order valence-corrected chi connectivity index (χ1v) is 7.19. The SMILES string of the molecule is C=Cc1oc(-c2ccc(OC/C(=C/F)CN)cc2)nc1/C=C\C. The number of benzene rings is 1. The normalized spacial score (nSPS) is 11.9. The number of nitrogens with two attached hydrogens (primary N) is 1. The monoisotopic (exact) mass is 314 g/mol. The average molecular weight is 314 g/mol. The van der Waals surface area contributed by atoms with Gasteiger partial charge in [0.05, 0.1) is 6.33 Å². The molecule has 120 valence electrons. The highest BCUT2D eigenvalue weighted by Gasteiger charge is 2.10. The highest BCUT2D eigenvalue weighted by Crippen LogP contribution is 2.25. The summed E-state index contributed by atoms with van der Waals surface area (Å²) in [4.78, 5) is 4.43. The summed E-state index contributed by atoms with van der Waals surface area (Å²) in [7, 11) is 0. The van der Waals surface area contributed by atoms with E-state index in [1.54, 1.807) is 18.2 Å². The first-order chi connectivity index (χ1) is 11.2. The van der Waals surface area contributed by atoms with Crippen LogP contribution in [-0.4, -0.2) is 18.1 Å². The van der Waals surface area contributed by atoms with E-state index in [0.717, 1.165) is 11.3 Å². The van der Waals surface area contributed by atoms with Crippen LogP contribution in [0.15, 0.2) is 53.2 Å². The highest BCUT2D eigenvalue weighted by molar-refractivity contribution is 5.63. The van der Waals surface area contributed by atoms with E-state index >= 15 is 0 Å². The molecule has 0 saturated heterocycles. The van der Waals surface area contributed by atoms with Crippen LogP contribution in [0.5, 0.6) is 5.75 Å². The minimum absolute atomic E-state index is 0.122. The van der Waals surface area contributed by atoms with E-state index in [1.807, 2.05) is 31.2 Å². The molecule has 0 atom stereocenters. The molecule has 0 radical (unpaired) electrons. The lowest BCUT2D eigenvalue weighted by atomic mass is 10.2. The number of hydrogen-bond donors (Lipinski definition) is 1. The highest BCUT2D eigenvalue weighted by atomic mass is 19.1.